The monoisotopic (exact) mass is 482 g/mol. The average molecular weight is 483 g/mol. The number of methoxy groups -OCH3 is 1. The normalized spacial score (nSPS) is 13.8. The number of esters is 1. The van der Waals surface area contributed by atoms with Crippen molar-refractivity contribution in [3.05, 3.63) is 77.6 Å². The fraction of sp³-hybridized carbons (Fsp3) is 0.208. The van der Waals surface area contributed by atoms with Crippen molar-refractivity contribution in [1.82, 2.24) is 5.43 Å². The standard InChI is InChI=1S/C24H22N2O5S2/c1-29-23(28)17-4-2-16(3-5-17)21-11-10-20(31-21)14-25-26-22(27)15-30-19-8-6-18(7-9-19)24-32-12-13-33-24/h2-11,14,24H,12-13,15H2,1H3,(H,26,27)/b25-14-. The Kier molecular flexibility index (Phi) is 7.74. The van der Waals surface area contributed by atoms with E-state index in [4.69, 9.17) is 13.9 Å². The van der Waals surface area contributed by atoms with E-state index in [0.717, 1.165) is 5.56 Å². The molecule has 1 aliphatic heterocycles. The third-order valence-corrected chi connectivity index (χ3v) is 7.85. The Balaban J connectivity index is 1.24. The molecule has 9 heteroatoms. The van der Waals surface area contributed by atoms with E-state index in [2.05, 4.69) is 10.5 Å². The first kappa shape index (κ1) is 23.0. The van der Waals surface area contributed by atoms with Crippen LogP contribution in [0.5, 0.6) is 5.75 Å². The SMILES string of the molecule is COC(=O)c1ccc(-c2ccc(/C=N\NC(=O)COc3ccc(C4SCCS4)cc3)o2)cc1. The van der Waals surface area contributed by atoms with Gasteiger partial charge in [-0.25, -0.2) is 10.2 Å². The van der Waals surface area contributed by atoms with Crippen LogP contribution in [-0.2, 0) is 9.53 Å². The minimum absolute atomic E-state index is 0.139. The molecule has 7 nitrogen and oxygen atoms in total. The Morgan fingerprint density at radius 1 is 1.06 bits per heavy atom. The summed E-state index contributed by atoms with van der Waals surface area (Å²) in [6, 6.07) is 18.2. The highest BCUT2D eigenvalue weighted by Gasteiger charge is 2.18. The highest BCUT2D eigenvalue weighted by atomic mass is 32.2. The summed E-state index contributed by atoms with van der Waals surface area (Å²) in [6.07, 6.45) is 1.41. The summed E-state index contributed by atoms with van der Waals surface area (Å²) >= 11 is 3.89. The van der Waals surface area contributed by atoms with E-state index in [-0.39, 0.29) is 12.5 Å². The predicted molar refractivity (Wildman–Crippen MR) is 131 cm³/mol. The van der Waals surface area contributed by atoms with Gasteiger partial charge < -0.3 is 13.9 Å². The van der Waals surface area contributed by atoms with E-state index in [1.165, 1.54) is 30.4 Å². The first-order valence-electron chi connectivity index (χ1n) is 10.2. The summed E-state index contributed by atoms with van der Waals surface area (Å²) in [6.45, 7) is -0.139. The average Bonchev–Trinajstić information content (AvgIpc) is 3.55. The fourth-order valence-corrected chi connectivity index (χ4v) is 5.95. The molecule has 1 aliphatic rings. The number of thioether (sulfide) groups is 2. The molecular formula is C24H22N2O5S2. The second kappa shape index (κ2) is 11.1. The molecule has 0 spiro atoms. The van der Waals surface area contributed by atoms with Gasteiger partial charge in [-0.05, 0) is 42.0 Å². The number of nitrogens with zero attached hydrogens (tertiary/aromatic N) is 1. The molecular weight excluding hydrogens is 460 g/mol. The molecule has 0 bridgehead atoms. The molecule has 170 valence electrons. The molecule has 1 amide bonds. The Labute approximate surface area is 199 Å². The van der Waals surface area contributed by atoms with Gasteiger partial charge >= 0.3 is 5.97 Å². The van der Waals surface area contributed by atoms with Crippen molar-refractivity contribution < 1.29 is 23.5 Å². The first-order chi connectivity index (χ1) is 16.1. The van der Waals surface area contributed by atoms with Crippen LogP contribution in [0.4, 0.5) is 0 Å². The molecule has 0 atom stereocenters. The van der Waals surface area contributed by atoms with Crippen molar-refractivity contribution in [2.24, 2.45) is 5.10 Å². The summed E-state index contributed by atoms with van der Waals surface area (Å²) in [5.41, 5.74) is 4.95. The van der Waals surface area contributed by atoms with Gasteiger partial charge in [0.1, 0.15) is 17.3 Å². The molecule has 33 heavy (non-hydrogen) atoms. The van der Waals surface area contributed by atoms with Gasteiger partial charge in [-0.2, -0.15) is 5.10 Å². The van der Waals surface area contributed by atoms with Gasteiger partial charge in [-0.15, -0.1) is 23.5 Å². The molecule has 4 rings (SSSR count). The zero-order chi connectivity index (χ0) is 23.0. The molecule has 1 saturated heterocycles. The number of hydrogen-bond acceptors (Lipinski definition) is 8. The van der Waals surface area contributed by atoms with Crippen LogP contribution < -0.4 is 10.2 Å². The molecule has 3 aromatic rings. The van der Waals surface area contributed by atoms with E-state index < -0.39 is 5.97 Å². The van der Waals surface area contributed by atoms with Crippen LogP contribution in [0.2, 0.25) is 0 Å². The summed E-state index contributed by atoms with van der Waals surface area (Å²) in [4.78, 5) is 23.5. The van der Waals surface area contributed by atoms with Gasteiger partial charge in [-0.3, -0.25) is 4.79 Å². The third-order valence-electron chi connectivity index (χ3n) is 4.74. The number of rotatable bonds is 8. The van der Waals surface area contributed by atoms with Gasteiger partial charge in [0, 0.05) is 17.1 Å². The second-order valence-electron chi connectivity index (χ2n) is 7.00. The van der Waals surface area contributed by atoms with Crippen LogP contribution in [0.1, 0.15) is 26.3 Å². The Bertz CT molecular complexity index is 1120. The minimum atomic E-state index is -0.396. The lowest BCUT2D eigenvalue weighted by atomic mass is 10.1. The number of amides is 1. The smallest absolute Gasteiger partial charge is 0.337 e. The first-order valence-corrected chi connectivity index (χ1v) is 12.3. The van der Waals surface area contributed by atoms with Crippen molar-refractivity contribution in [3.63, 3.8) is 0 Å². The number of ether oxygens (including phenoxy) is 2. The van der Waals surface area contributed by atoms with Gasteiger partial charge in [0.05, 0.1) is 23.5 Å². The van der Waals surface area contributed by atoms with Crippen molar-refractivity contribution in [2.75, 3.05) is 25.2 Å². The van der Waals surface area contributed by atoms with E-state index in [1.807, 2.05) is 47.8 Å². The van der Waals surface area contributed by atoms with E-state index >= 15 is 0 Å². The fourth-order valence-electron chi connectivity index (χ4n) is 3.09. The maximum absolute atomic E-state index is 12.0. The van der Waals surface area contributed by atoms with Crippen molar-refractivity contribution in [1.29, 1.82) is 0 Å². The topological polar surface area (TPSA) is 90.1 Å². The Morgan fingerprint density at radius 3 is 2.48 bits per heavy atom. The molecule has 0 radical (unpaired) electrons. The van der Waals surface area contributed by atoms with E-state index in [0.29, 0.717) is 27.4 Å². The van der Waals surface area contributed by atoms with Gasteiger partial charge in [0.15, 0.2) is 6.61 Å². The largest absolute Gasteiger partial charge is 0.484 e. The molecule has 1 N–H and O–H groups in total. The zero-order valence-electron chi connectivity index (χ0n) is 17.9. The number of carbonyl (C=O) groups is 2. The van der Waals surface area contributed by atoms with E-state index in [1.54, 1.807) is 36.4 Å². The third kappa shape index (κ3) is 6.21. The number of benzene rings is 2. The van der Waals surface area contributed by atoms with Crippen molar-refractivity contribution in [2.45, 2.75) is 4.58 Å². The van der Waals surface area contributed by atoms with Crippen LogP contribution >= 0.6 is 23.5 Å². The number of nitrogens with one attached hydrogen (secondary N) is 1. The maximum Gasteiger partial charge on any atom is 0.337 e. The quantitative estimate of drug-likeness (QED) is 0.282. The van der Waals surface area contributed by atoms with Crippen molar-refractivity contribution >= 4 is 41.6 Å². The summed E-state index contributed by atoms with van der Waals surface area (Å²) in [7, 11) is 1.34. The zero-order valence-corrected chi connectivity index (χ0v) is 19.5. The lowest BCUT2D eigenvalue weighted by Gasteiger charge is -2.09. The Morgan fingerprint density at radius 2 is 1.79 bits per heavy atom. The van der Waals surface area contributed by atoms with Crippen molar-refractivity contribution in [3.8, 4) is 17.1 Å². The van der Waals surface area contributed by atoms with E-state index in [9.17, 15) is 9.59 Å². The minimum Gasteiger partial charge on any atom is -0.484 e. The molecule has 2 heterocycles. The maximum atomic E-state index is 12.0. The summed E-state index contributed by atoms with van der Waals surface area (Å²) in [5.74, 6) is 3.31. The molecule has 1 aromatic heterocycles. The number of hydrazone groups is 1. The molecule has 0 aliphatic carbocycles. The highest BCUT2D eigenvalue weighted by molar-refractivity contribution is 8.19. The molecule has 2 aromatic carbocycles. The predicted octanol–water partition coefficient (Wildman–Crippen LogP) is 4.74. The summed E-state index contributed by atoms with van der Waals surface area (Å²) < 4.78 is 16.4. The number of furan rings is 1. The van der Waals surface area contributed by atoms with Crippen LogP contribution in [-0.4, -0.2) is 43.3 Å². The van der Waals surface area contributed by atoms with Gasteiger partial charge in [0.2, 0.25) is 0 Å². The second-order valence-corrected chi connectivity index (χ2v) is 9.72. The lowest BCUT2D eigenvalue weighted by Crippen LogP contribution is -2.24. The lowest BCUT2D eigenvalue weighted by molar-refractivity contribution is -0.123. The van der Waals surface area contributed by atoms with Crippen LogP contribution in [0.25, 0.3) is 11.3 Å². The highest BCUT2D eigenvalue weighted by Crippen LogP contribution is 2.45. The molecule has 0 unspecified atom stereocenters. The number of carbonyl (C=O) groups excluding carboxylic acids is 2. The van der Waals surface area contributed by atoms with Gasteiger partial charge in [-0.1, -0.05) is 24.3 Å². The Hall–Kier alpha value is -3.17. The van der Waals surface area contributed by atoms with Crippen LogP contribution in [0.3, 0.4) is 0 Å². The number of hydrogen-bond donors (Lipinski definition) is 1. The van der Waals surface area contributed by atoms with Gasteiger partial charge in [0.25, 0.3) is 5.91 Å². The summed E-state index contributed by atoms with van der Waals surface area (Å²) in [5, 5.41) is 3.91. The molecule has 1 fully saturated rings. The molecule has 0 saturated carbocycles. The van der Waals surface area contributed by atoms with Crippen LogP contribution in [0.15, 0.2) is 70.2 Å². The van der Waals surface area contributed by atoms with Crippen LogP contribution in [0, 0.1) is 0 Å².